The molecule has 4 nitrogen and oxygen atoms in total. The Hall–Kier alpha value is -1.85. The van der Waals surface area contributed by atoms with E-state index in [-0.39, 0.29) is 0 Å². The van der Waals surface area contributed by atoms with Crippen molar-refractivity contribution in [2.75, 3.05) is 31.1 Å². The Kier molecular flexibility index (Phi) is 7.36. The lowest BCUT2D eigenvalue weighted by Gasteiger charge is -2.36. The van der Waals surface area contributed by atoms with Gasteiger partial charge < -0.3 is 4.90 Å². The summed E-state index contributed by atoms with van der Waals surface area (Å²) in [6, 6.07) is 13.8. The summed E-state index contributed by atoms with van der Waals surface area (Å²) in [7, 11) is -3.43. The minimum absolute atomic E-state index is 0.412. The van der Waals surface area contributed by atoms with E-state index < -0.39 is 10.0 Å². The molecule has 0 radical (unpaired) electrons. The molecule has 1 saturated heterocycles. The second-order valence-corrected chi connectivity index (χ2v) is 10.0. The molecule has 0 aromatic heterocycles. The Morgan fingerprint density at radius 2 is 1.55 bits per heavy atom. The Balaban J connectivity index is 1.61. The molecule has 0 saturated carbocycles. The molecule has 0 spiro atoms. The fourth-order valence-electron chi connectivity index (χ4n) is 3.98. The van der Waals surface area contributed by atoms with Crippen LogP contribution >= 0.6 is 0 Å². The van der Waals surface area contributed by atoms with Gasteiger partial charge in [-0.2, -0.15) is 4.31 Å². The molecule has 5 heteroatoms. The summed E-state index contributed by atoms with van der Waals surface area (Å²) in [6.45, 7) is 8.95. The van der Waals surface area contributed by atoms with Crippen LogP contribution in [0.1, 0.15) is 49.3 Å². The Labute approximate surface area is 176 Å². The number of benzene rings is 2. The van der Waals surface area contributed by atoms with E-state index in [0.717, 1.165) is 19.5 Å². The lowest BCUT2D eigenvalue weighted by Crippen LogP contribution is -2.48. The van der Waals surface area contributed by atoms with Gasteiger partial charge in [0.15, 0.2) is 0 Å². The number of anilines is 1. The third-order valence-electron chi connectivity index (χ3n) is 6.04. The van der Waals surface area contributed by atoms with Gasteiger partial charge in [-0.25, -0.2) is 8.42 Å². The van der Waals surface area contributed by atoms with Crippen LogP contribution in [0.3, 0.4) is 0 Å². The van der Waals surface area contributed by atoms with Crippen LogP contribution in [0.15, 0.2) is 47.4 Å². The first-order valence-electron chi connectivity index (χ1n) is 10.8. The third-order valence-corrected chi connectivity index (χ3v) is 7.95. The van der Waals surface area contributed by atoms with Crippen LogP contribution in [0, 0.1) is 13.8 Å². The first kappa shape index (κ1) is 21.8. The maximum atomic E-state index is 13.1. The van der Waals surface area contributed by atoms with Crippen LogP contribution in [0.4, 0.5) is 5.69 Å². The zero-order chi connectivity index (χ0) is 20.9. The highest BCUT2D eigenvalue weighted by molar-refractivity contribution is 7.89. The van der Waals surface area contributed by atoms with Gasteiger partial charge in [-0.15, -0.1) is 0 Å². The highest BCUT2D eigenvalue weighted by atomic mass is 32.2. The van der Waals surface area contributed by atoms with Crippen molar-refractivity contribution in [3.05, 3.63) is 59.2 Å². The minimum atomic E-state index is -3.43. The normalized spacial score (nSPS) is 15.6. The molecule has 0 bridgehead atoms. The fourth-order valence-corrected chi connectivity index (χ4v) is 5.40. The highest BCUT2D eigenvalue weighted by Crippen LogP contribution is 2.26. The minimum Gasteiger partial charge on any atom is -0.369 e. The third kappa shape index (κ3) is 5.20. The van der Waals surface area contributed by atoms with Gasteiger partial charge in [-0.3, -0.25) is 0 Å². The number of hydrogen-bond donors (Lipinski definition) is 0. The van der Waals surface area contributed by atoms with Crippen molar-refractivity contribution in [3.8, 4) is 0 Å². The lowest BCUT2D eigenvalue weighted by molar-refractivity contribution is 0.384. The maximum absolute atomic E-state index is 13.1. The van der Waals surface area contributed by atoms with E-state index in [0.29, 0.717) is 18.0 Å². The Bertz CT molecular complexity index is 899. The summed E-state index contributed by atoms with van der Waals surface area (Å²) < 4.78 is 27.8. The van der Waals surface area contributed by atoms with Gasteiger partial charge in [-0.05, 0) is 61.6 Å². The molecule has 1 fully saturated rings. The highest BCUT2D eigenvalue weighted by Gasteiger charge is 2.29. The van der Waals surface area contributed by atoms with Gasteiger partial charge in [0.2, 0.25) is 10.0 Å². The smallest absolute Gasteiger partial charge is 0.243 e. The van der Waals surface area contributed by atoms with Gasteiger partial charge in [-0.1, -0.05) is 50.5 Å². The van der Waals surface area contributed by atoms with Crippen LogP contribution in [-0.4, -0.2) is 38.9 Å². The van der Waals surface area contributed by atoms with E-state index in [1.807, 2.05) is 12.1 Å². The number of rotatable bonds is 8. The maximum Gasteiger partial charge on any atom is 0.243 e. The molecule has 1 aliphatic rings. The standard InChI is InChI=1S/C24H34N2O2S/c1-4-5-6-7-10-22-12-14-23(15-13-22)29(27,28)26-18-16-25(17-19-26)24-11-8-9-20(2)21(24)3/h8-9,11-15H,4-7,10,16-19H2,1-3H3. The first-order chi connectivity index (χ1) is 13.9. The topological polar surface area (TPSA) is 40.6 Å². The van der Waals surface area contributed by atoms with Crippen molar-refractivity contribution >= 4 is 15.7 Å². The van der Waals surface area contributed by atoms with Crippen LogP contribution in [0.5, 0.6) is 0 Å². The van der Waals surface area contributed by atoms with Gasteiger partial charge in [0.05, 0.1) is 4.90 Å². The van der Waals surface area contributed by atoms with Crippen LogP contribution in [-0.2, 0) is 16.4 Å². The van der Waals surface area contributed by atoms with Crippen molar-refractivity contribution in [1.82, 2.24) is 4.31 Å². The van der Waals surface area contributed by atoms with Crippen LogP contribution < -0.4 is 4.90 Å². The van der Waals surface area contributed by atoms with Gasteiger partial charge in [0, 0.05) is 31.9 Å². The number of nitrogens with zero attached hydrogens (tertiary/aromatic N) is 2. The molecule has 2 aromatic rings. The predicted octanol–water partition coefficient (Wildman–Crippen LogP) is 4.94. The average molecular weight is 415 g/mol. The Morgan fingerprint density at radius 1 is 0.862 bits per heavy atom. The second-order valence-electron chi connectivity index (χ2n) is 8.06. The predicted molar refractivity (Wildman–Crippen MR) is 121 cm³/mol. The number of sulfonamides is 1. The molecule has 3 rings (SSSR count). The number of piperazine rings is 1. The van der Waals surface area contributed by atoms with Crippen molar-refractivity contribution in [1.29, 1.82) is 0 Å². The molecule has 158 valence electrons. The number of hydrogen-bond acceptors (Lipinski definition) is 3. The summed E-state index contributed by atoms with van der Waals surface area (Å²) in [5, 5.41) is 0. The van der Waals surface area contributed by atoms with E-state index in [1.54, 1.807) is 16.4 Å². The van der Waals surface area contributed by atoms with E-state index in [4.69, 9.17) is 0 Å². The molecule has 1 aliphatic heterocycles. The van der Waals surface area contributed by atoms with E-state index in [1.165, 1.54) is 48.1 Å². The fraction of sp³-hybridized carbons (Fsp3) is 0.500. The molecule has 1 heterocycles. The van der Waals surface area contributed by atoms with Gasteiger partial charge in [0.1, 0.15) is 0 Å². The van der Waals surface area contributed by atoms with Crippen LogP contribution in [0.2, 0.25) is 0 Å². The molecule has 0 amide bonds. The summed E-state index contributed by atoms with van der Waals surface area (Å²) in [4.78, 5) is 2.71. The SMILES string of the molecule is CCCCCCc1ccc(S(=O)(=O)N2CCN(c3cccc(C)c3C)CC2)cc1. The monoisotopic (exact) mass is 414 g/mol. The van der Waals surface area contributed by atoms with Crippen molar-refractivity contribution in [3.63, 3.8) is 0 Å². The summed E-state index contributed by atoms with van der Waals surface area (Å²) in [5.74, 6) is 0. The molecular formula is C24H34N2O2S. The van der Waals surface area contributed by atoms with Gasteiger partial charge in [0.25, 0.3) is 0 Å². The quantitative estimate of drug-likeness (QED) is 0.575. The molecular weight excluding hydrogens is 380 g/mol. The summed E-state index contributed by atoms with van der Waals surface area (Å²) >= 11 is 0. The zero-order valence-corrected chi connectivity index (χ0v) is 18.8. The van der Waals surface area contributed by atoms with Crippen molar-refractivity contribution < 1.29 is 8.42 Å². The lowest BCUT2D eigenvalue weighted by atomic mass is 10.1. The number of unbranched alkanes of at least 4 members (excludes halogenated alkanes) is 3. The van der Waals surface area contributed by atoms with Crippen molar-refractivity contribution in [2.24, 2.45) is 0 Å². The summed E-state index contributed by atoms with van der Waals surface area (Å²) in [5.41, 5.74) is 4.99. The molecule has 0 atom stereocenters. The van der Waals surface area contributed by atoms with E-state index >= 15 is 0 Å². The Morgan fingerprint density at radius 3 is 2.21 bits per heavy atom. The average Bonchev–Trinajstić information content (AvgIpc) is 2.74. The first-order valence-corrected chi connectivity index (χ1v) is 12.3. The zero-order valence-electron chi connectivity index (χ0n) is 18.0. The molecule has 0 aliphatic carbocycles. The van der Waals surface area contributed by atoms with Gasteiger partial charge >= 0.3 is 0 Å². The molecule has 0 N–H and O–H groups in total. The molecule has 0 unspecified atom stereocenters. The van der Waals surface area contributed by atoms with Crippen LogP contribution in [0.25, 0.3) is 0 Å². The second kappa shape index (κ2) is 9.77. The largest absolute Gasteiger partial charge is 0.369 e. The van der Waals surface area contributed by atoms with E-state index in [2.05, 4.69) is 43.9 Å². The summed E-state index contributed by atoms with van der Waals surface area (Å²) in [6.07, 6.45) is 5.92. The van der Waals surface area contributed by atoms with Crippen molar-refractivity contribution in [2.45, 2.75) is 57.8 Å². The van der Waals surface area contributed by atoms with E-state index in [9.17, 15) is 8.42 Å². The molecule has 29 heavy (non-hydrogen) atoms. The molecule has 2 aromatic carbocycles. The number of aryl methyl sites for hydroxylation is 2.